The molecule has 1 N–H and O–H groups in total. The van der Waals surface area contributed by atoms with Crippen LogP contribution in [-0.2, 0) is 0 Å². The van der Waals surface area contributed by atoms with E-state index in [2.05, 4.69) is 12.2 Å². The fourth-order valence-corrected chi connectivity index (χ4v) is 1.80. The van der Waals surface area contributed by atoms with E-state index in [1.165, 1.54) is 17.7 Å². The molecule has 0 aliphatic heterocycles. The van der Waals surface area contributed by atoms with Crippen molar-refractivity contribution < 1.29 is 8.78 Å². The van der Waals surface area contributed by atoms with E-state index in [1.54, 1.807) is 0 Å². The fraction of sp³-hybridized carbons (Fsp3) is 0.200. The second-order valence-corrected chi connectivity index (χ2v) is 4.32. The second kappa shape index (κ2) is 5.63. The predicted octanol–water partition coefficient (Wildman–Crippen LogP) is 4.18. The van der Waals surface area contributed by atoms with E-state index in [1.807, 2.05) is 30.3 Å². The number of nitrogens with one attached hydrogen (secondary N) is 1. The van der Waals surface area contributed by atoms with Gasteiger partial charge in [0.15, 0.2) is 0 Å². The summed E-state index contributed by atoms with van der Waals surface area (Å²) in [5.74, 6) is -0.861. The van der Waals surface area contributed by atoms with Crippen molar-refractivity contribution in [1.82, 2.24) is 0 Å². The summed E-state index contributed by atoms with van der Waals surface area (Å²) in [6.45, 7) is 2.66. The number of hydrogen-bond donors (Lipinski definition) is 1. The van der Waals surface area contributed by atoms with E-state index in [9.17, 15) is 8.78 Å². The minimum absolute atomic E-state index is 0.260. The zero-order chi connectivity index (χ0) is 13.0. The summed E-state index contributed by atoms with van der Waals surface area (Å²) >= 11 is 0. The van der Waals surface area contributed by atoms with Gasteiger partial charge in [-0.1, -0.05) is 37.3 Å². The van der Waals surface area contributed by atoms with Crippen molar-refractivity contribution >= 4 is 5.69 Å². The molecule has 1 atom stereocenters. The Morgan fingerprint density at radius 2 is 1.78 bits per heavy atom. The minimum atomic E-state index is -0.561. The third-order valence-electron chi connectivity index (χ3n) is 2.90. The molecule has 1 unspecified atom stereocenters. The summed E-state index contributed by atoms with van der Waals surface area (Å²) in [6.07, 6.45) is 0. The maximum Gasteiger partial charge on any atom is 0.149 e. The summed E-state index contributed by atoms with van der Waals surface area (Å²) in [7, 11) is 0. The van der Waals surface area contributed by atoms with E-state index >= 15 is 0 Å². The van der Waals surface area contributed by atoms with Crippen molar-refractivity contribution in [3.05, 3.63) is 65.7 Å². The molecule has 18 heavy (non-hydrogen) atoms. The normalized spacial score (nSPS) is 12.2. The van der Waals surface area contributed by atoms with E-state index < -0.39 is 11.6 Å². The predicted molar refractivity (Wildman–Crippen MR) is 69.7 cm³/mol. The molecule has 94 valence electrons. The highest BCUT2D eigenvalue weighted by Crippen LogP contribution is 2.18. The molecule has 0 spiro atoms. The quantitative estimate of drug-likeness (QED) is 0.854. The van der Waals surface area contributed by atoms with Gasteiger partial charge in [0.2, 0.25) is 0 Å². The first-order chi connectivity index (χ1) is 8.66. The van der Waals surface area contributed by atoms with Crippen LogP contribution in [0, 0.1) is 11.6 Å². The highest BCUT2D eigenvalue weighted by molar-refractivity contribution is 5.45. The maximum absolute atomic E-state index is 13.4. The van der Waals surface area contributed by atoms with Gasteiger partial charge in [-0.15, -0.1) is 0 Å². The Morgan fingerprint density at radius 1 is 1.06 bits per heavy atom. The van der Waals surface area contributed by atoms with Gasteiger partial charge >= 0.3 is 0 Å². The van der Waals surface area contributed by atoms with Gasteiger partial charge in [-0.3, -0.25) is 0 Å². The van der Waals surface area contributed by atoms with E-state index in [0.717, 1.165) is 6.07 Å². The third-order valence-corrected chi connectivity index (χ3v) is 2.90. The van der Waals surface area contributed by atoms with Crippen LogP contribution in [0.2, 0.25) is 0 Å². The average molecular weight is 247 g/mol. The molecular formula is C15H15F2N. The van der Waals surface area contributed by atoms with E-state index in [0.29, 0.717) is 12.2 Å². The van der Waals surface area contributed by atoms with Crippen LogP contribution in [0.3, 0.4) is 0 Å². The molecule has 1 nitrogen and oxygen atoms in total. The Balaban J connectivity index is 1.99. The molecule has 0 saturated carbocycles. The number of benzene rings is 2. The average Bonchev–Trinajstić information content (AvgIpc) is 2.38. The van der Waals surface area contributed by atoms with Crippen molar-refractivity contribution in [3.63, 3.8) is 0 Å². The van der Waals surface area contributed by atoms with Gasteiger partial charge in [0.1, 0.15) is 11.6 Å². The molecule has 0 radical (unpaired) electrons. The molecule has 0 aromatic heterocycles. The molecule has 0 amide bonds. The van der Waals surface area contributed by atoms with Gasteiger partial charge < -0.3 is 5.32 Å². The lowest BCUT2D eigenvalue weighted by molar-refractivity contribution is 0.584. The molecule has 2 aromatic rings. The summed E-state index contributed by atoms with van der Waals surface area (Å²) < 4.78 is 26.1. The molecule has 2 rings (SSSR count). The van der Waals surface area contributed by atoms with Gasteiger partial charge in [0.25, 0.3) is 0 Å². The molecule has 0 bridgehead atoms. The molecule has 0 aliphatic carbocycles. The number of rotatable bonds is 4. The molecule has 0 fully saturated rings. The van der Waals surface area contributed by atoms with Crippen LogP contribution in [0.5, 0.6) is 0 Å². The summed E-state index contributed by atoms with van der Waals surface area (Å²) in [4.78, 5) is 0. The first-order valence-electron chi connectivity index (χ1n) is 5.90. The number of halogens is 2. The molecular weight excluding hydrogens is 232 g/mol. The second-order valence-electron chi connectivity index (χ2n) is 4.32. The lowest BCUT2D eigenvalue weighted by Gasteiger charge is -2.14. The molecule has 0 saturated heterocycles. The number of hydrogen-bond acceptors (Lipinski definition) is 1. The van der Waals surface area contributed by atoms with Crippen molar-refractivity contribution in [3.8, 4) is 0 Å². The smallest absolute Gasteiger partial charge is 0.149 e. The van der Waals surface area contributed by atoms with E-state index in [-0.39, 0.29) is 5.92 Å². The van der Waals surface area contributed by atoms with Crippen molar-refractivity contribution in [2.75, 3.05) is 11.9 Å². The Labute approximate surface area is 105 Å². The SMILES string of the molecule is CC(CNc1ccc(F)cc1F)c1ccccc1. The molecule has 2 aromatic carbocycles. The van der Waals surface area contributed by atoms with Crippen LogP contribution >= 0.6 is 0 Å². The van der Waals surface area contributed by atoms with Crippen molar-refractivity contribution in [2.45, 2.75) is 12.8 Å². The zero-order valence-electron chi connectivity index (χ0n) is 10.2. The van der Waals surface area contributed by atoms with Gasteiger partial charge in [-0.2, -0.15) is 0 Å². The molecule has 0 aliphatic rings. The lowest BCUT2D eigenvalue weighted by atomic mass is 10.0. The summed E-state index contributed by atoms with van der Waals surface area (Å²) in [6, 6.07) is 13.5. The zero-order valence-corrected chi connectivity index (χ0v) is 10.2. The van der Waals surface area contributed by atoms with Gasteiger partial charge in [0, 0.05) is 12.6 Å². The molecule has 0 heterocycles. The van der Waals surface area contributed by atoms with Gasteiger partial charge in [0.05, 0.1) is 5.69 Å². The standard InChI is InChI=1S/C15H15F2N/c1-11(12-5-3-2-4-6-12)10-18-15-8-7-13(16)9-14(15)17/h2-9,11,18H,10H2,1H3. The van der Waals surface area contributed by atoms with Crippen LogP contribution in [0.15, 0.2) is 48.5 Å². The van der Waals surface area contributed by atoms with Crippen molar-refractivity contribution in [1.29, 1.82) is 0 Å². The summed E-state index contributed by atoms with van der Waals surface area (Å²) in [5, 5.41) is 3.00. The van der Waals surface area contributed by atoms with Gasteiger partial charge in [-0.05, 0) is 23.6 Å². The first-order valence-corrected chi connectivity index (χ1v) is 5.90. The van der Waals surface area contributed by atoms with Crippen LogP contribution in [-0.4, -0.2) is 6.54 Å². The summed E-state index contributed by atoms with van der Waals surface area (Å²) in [5.41, 5.74) is 1.52. The highest BCUT2D eigenvalue weighted by Gasteiger charge is 2.07. The monoisotopic (exact) mass is 247 g/mol. The van der Waals surface area contributed by atoms with Crippen LogP contribution in [0.1, 0.15) is 18.4 Å². The van der Waals surface area contributed by atoms with Crippen LogP contribution in [0.25, 0.3) is 0 Å². The largest absolute Gasteiger partial charge is 0.382 e. The lowest BCUT2D eigenvalue weighted by Crippen LogP contribution is -2.10. The minimum Gasteiger partial charge on any atom is -0.382 e. The number of anilines is 1. The Hall–Kier alpha value is -1.90. The van der Waals surface area contributed by atoms with Gasteiger partial charge in [-0.25, -0.2) is 8.78 Å². The van der Waals surface area contributed by atoms with Crippen LogP contribution in [0.4, 0.5) is 14.5 Å². The maximum atomic E-state index is 13.4. The fourth-order valence-electron chi connectivity index (χ4n) is 1.80. The topological polar surface area (TPSA) is 12.0 Å². The van der Waals surface area contributed by atoms with E-state index in [4.69, 9.17) is 0 Å². The third kappa shape index (κ3) is 3.06. The Kier molecular flexibility index (Phi) is 3.92. The van der Waals surface area contributed by atoms with Crippen LogP contribution < -0.4 is 5.32 Å². The first kappa shape index (κ1) is 12.6. The molecule has 3 heteroatoms. The Bertz CT molecular complexity index is 511. The Morgan fingerprint density at radius 3 is 2.44 bits per heavy atom. The highest BCUT2D eigenvalue weighted by atomic mass is 19.1. The van der Waals surface area contributed by atoms with Crippen molar-refractivity contribution in [2.24, 2.45) is 0 Å².